The predicted octanol–water partition coefficient (Wildman–Crippen LogP) is 0.446. The molecule has 1 saturated heterocycles. The Morgan fingerprint density at radius 3 is 2.63 bits per heavy atom. The number of imide groups is 1. The first-order valence-electron chi connectivity index (χ1n) is 6.27. The van der Waals surface area contributed by atoms with E-state index in [1.165, 1.54) is 7.11 Å². The molecule has 0 saturated carbocycles. The number of hydrogen-bond acceptors (Lipinski definition) is 5. The topological polar surface area (TPSA) is 95.9 Å². The largest absolute Gasteiger partial charge is 0.481 e. The van der Waals surface area contributed by atoms with Crippen molar-refractivity contribution >= 4 is 18.0 Å². The first-order chi connectivity index (χ1) is 8.93. The molecule has 1 atom stereocenters. The van der Waals surface area contributed by atoms with Crippen molar-refractivity contribution < 1.29 is 24.2 Å². The predicted molar refractivity (Wildman–Crippen MR) is 66.6 cm³/mol. The Morgan fingerprint density at radius 2 is 2.11 bits per heavy atom. The number of aliphatic carboxylic acids is 1. The standard InChI is InChI=1S/C12H20N2O5/c1-3-4-12(10(16)17)5-6-14(8-12)7-9(15)13-11(18)19-2/h3-8H2,1-2H3,(H,16,17)(H,13,15,18). The number of methoxy groups -OCH3 is 1. The molecule has 1 unspecified atom stereocenters. The third-order valence-corrected chi connectivity index (χ3v) is 3.41. The zero-order valence-electron chi connectivity index (χ0n) is 11.3. The van der Waals surface area contributed by atoms with Gasteiger partial charge in [-0.05, 0) is 19.4 Å². The maximum absolute atomic E-state index is 11.5. The average Bonchev–Trinajstić information content (AvgIpc) is 2.73. The van der Waals surface area contributed by atoms with E-state index in [2.05, 4.69) is 10.1 Å². The highest BCUT2D eigenvalue weighted by Gasteiger charge is 2.44. The number of carbonyl (C=O) groups is 3. The van der Waals surface area contributed by atoms with Crippen LogP contribution in [0.5, 0.6) is 0 Å². The van der Waals surface area contributed by atoms with Crippen molar-refractivity contribution in [1.82, 2.24) is 10.2 Å². The molecule has 1 rings (SSSR count). The van der Waals surface area contributed by atoms with Crippen molar-refractivity contribution in [3.05, 3.63) is 0 Å². The molecule has 0 aromatic rings. The molecule has 0 spiro atoms. The van der Waals surface area contributed by atoms with E-state index in [0.29, 0.717) is 25.9 Å². The second kappa shape index (κ2) is 6.51. The molecule has 1 aliphatic rings. The quantitative estimate of drug-likeness (QED) is 0.754. The van der Waals surface area contributed by atoms with Gasteiger partial charge in [0.05, 0.1) is 19.1 Å². The molecule has 0 bridgehead atoms. The Bertz CT molecular complexity index is 371. The summed E-state index contributed by atoms with van der Waals surface area (Å²) < 4.78 is 4.32. The fourth-order valence-corrected chi connectivity index (χ4v) is 2.46. The minimum absolute atomic E-state index is 0.00778. The number of likely N-dealkylation sites (tertiary alicyclic amines) is 1. The average molecular weight is 272 g/mol. The van der Waals surface area contributed by atoms with Gasteiger partial charge >= 0.3 is 12.1 Å². The maximum Gasteiger partial charge on any atom is 0.413 e. The van der Waals surface area contributed by atoms with Crippen molar-refractivity contribution in [2.24, 2.45) is 5.41 Å². The molecular formula is C12H20N2O5. The molecule has 2 amide bonds. The van der Waals surface area contributed by atoms with Crippen molar-refractivity contribution in [2.45, 2.75) is 26.2 Å². The fourth-order valence-electron chi connectivity index (χ4n) is 2.46. The van der Waals surface area contributed by atoms with Gasteiger partial charge in [0, 0.05) is 6.54 Å². The van der Waals surface area contributed by atoms with Crippen molar-refractivity contribution in [1.29, 1.82) is 0 Å². The van der Waals surface area contributed by atoms with E-state index < -0.39 is 23.4 Å². The summed E-state index contributed by atoms with van der Waals surface area (Å²) in [5.74, 6) is -1.30. The molecule has 7 nitrogen and oxygen atoms in total. The molecule has 0 aromatic carbocycles. The Kier molecular flexibility index (Phi) is 5.29. The lowest BCUT2D eigenvalue weighted by Gasteiger charge is -2.23. The molecule has 7 heteroatoms. The lowest BCUT2D eigenvalue weighted by molar-refractivity contribution is -0.148. The zero-order chi connectivity index (χ0) is 14.5. The summed E-state index contributed by atoms with van der Waals surface area (Å²) in [6.45, 7) is 2.83. The highest BCUT2D eigenvalue weighted by Crippen LogP contribution is 2.35. The molecule has 1 fully saturated rings. The Morgan fingerprint density at radius 1 is 1.42 bits per heavy atom. The van der Waals surface area contributed by atoms with E-state index in [9.17, 15) is 19.5 Å². The SMILES string of the molecule is CCCC1(C(=O)O)CCN(CC(=O)NC(=O)OC)C1. The van der Waals surface area contributed by atoms with E-state index in [1.54, 1.807) is 4.90 Å². The number of carboxylic acids is 1. The highest BCUT2D eigenvalue weighted by molar-refractivity contribution is 5.92. The number of nitrogens with zero attached hydrogens (tertiary/aromatic N) is 1. The third kappa shape index (κ3) is 3.92. The molecular weight excluding hydrogens is 252 g/mol. The van der Waals surface area contributed by atoms with Crippen LogP contribution >= 0.6 is 0 Å². The summed E-state index contributed by atoms with van der Waals surface area (Å²) in [5.41, 5.74) is -0.764. The van der Waals surface area contributed by atoms with Crippen LogP contribution in [0.15, 0.2) is 0 Å². The van der Waals surface area contributed by atoms with E-state index >= 15 is 0 Å². The molecule has 2 N–H and O–H groups in total. The van der Waals surface area contributed by atoms with Gasteiger partial charge < -0.3 is 9.84 Å². The number of carboxylic acid groups (broad SMARTS) is 1. The van der Waals surface area contributed by atoms with E-state index in [4.69, 9.17) is 0 Å². The molecule has 108 valence electrons. The van der Waals surface area contributed by atoms with E-state index in [1.807, 2.05) is 6.92 Å². The van der Waals surface area contributed by atoms with Gasteiger partial charge in [-0.3, -0.25) is 19.8 Å². The van der Waals surface area contributed by atoms with Crippen LogP contribution in [0.25, 0.3) is 0 Å². The van der Waals surface area contributed by atoms with Crippen molar-refractivity contribution in [2.75, 3.05) is 26.7 Å². The number of alkyl carbamates (subject to hydrolysis) is 1. The number of nitrogens with one attached hydrogen (secondary N) is 1. The summed E-state index contributed by atoms with van der Waals surface area (Å²) in [6.07, 6.45) is 1.11. The Hall–Kier alpha value is -1.63. The van der Waals surface area contributed by atoms with Crippen LogP contribution in [0.3, 0.4) is 0 Å². The van der Waals surface area contributed by atoms with Gasteiger partial charge in [-0.1, -0.05) is 13.3 Å². The molecule has 19 heavy (non-hydrogen) atoms. The molecule has 0 radical (unpaired) electrons. The first kappa shape index (κ1) is 15.4. The second-order valence-electron chi connectivity index (χ2n) is 4.84. The summed E-state index contributed by atoms with van der Waals surface area (Å²) in [4.78, 5) is 35.5. The van der Waals surface area contributed by atoms with Gasteiger partial charge in [0.2, 0.25) is 5.91 Å². The summed E-state index contributed by atoms with van der Waals surface area (Å²) >= 11 is 0. The minimum atomic E-state index is -0.815. The summed E-state index contributed by atoms with van der Waals surface area (Å²) in [5, 5.41) is 11.4. The lowest BCUT2D eigenvalue weighted by atomic mass is 9.83. The zero-order valence-corrected chi connectivity index (χ0v) is 11.3. The van der Waals surface area contributed by atoms with Crippen molar-refractivity contribution in [3.8, 4) is 0 Å². The highest BCUT2D eigenvalue weighted by atomic mass is 16.5. The lowest BCUT2D eigenvalue weighted by Crippen LogP contribution is -2.41. The third-order valence-electron chi connectivity index (χ3n) is 3.41. The van der Waals surface area contributed by atoms with Crippen LogP contribution in [0.4, 0.5) is 4.79 Å². The monoisotopic (exact) mass is 272 g/mol. The number of ether oxygens (including phenoxy) is 1. The van der Waals surface area contributed by atoms with Crippen LogP contribution in [0.2, 0.25) is 0 Å². The van der Waals surface area contributed by atoms with Crippen LogP contribution < -0.4 is 5.32 Å². The minimum Gasteiger partial charge on any atom is -0.481 e. The summed E-state index contributed by atoms with van der Waals surface area (Å²) in [6, 6.07) is 0. The number of carbonyl (C=O) groups excluding carboxylic acids is 2. The van der Waals surface area contributed by atoms with Crippen LogP contribution in [0, 0.1) is 5.41 Å². The molecule has 1 heterocycles. The van der Waals surface area contributed by atoms with Gasteiger partial charge in [-0.25, -0.2) is 4.79 Å². The van der Waals surface area contributed by atoms with Crippen LogP contribution in [-0.4, -0.2) is 54.7 Å². The van der Waals surface area contributed by atoms with Gasteiger partial charge in [-0.2, -0.15) is 0 Å². The van der Waals surface area contributed by atoms with Crippen molar-refractivity contribution in [3.63, 3.8) is 0 Å². The van der Waals surface area contributed by atoms with Gasteiger partial charge in [-0.15, -0.1) is 0 Å². The molecule has 1 aliphatic heterocycles. The normalized spacial score (nSPS) is 23.1. The number of rotatable bonds is 5. The van der Waals surface area contributed by atoms with Crippen LogP contribution in [-0.2, 0) is 14.3 Å². The summed E-state index contributed by atoms with van der Waals surface area (Å²) in [7, 11) is 1.18. The maximum atomic E-state index is 11.5. The van der Waals surface area contributed by atoms with E-state index in [-0.39, 0.29) is 6.54 Å². The van der Waals surface area contributed by atoms with E-state index in [0.717, 1.165) is 6.42 Å². The second-order valence-corrected chi connectivity index (χ2v) is 4.84. The Balaban J connectivity index is 2.53. The smallest absolute Gasteiger partial charge is 0.413 e. The fraction of sp³-hybridized carbons (Fsp3) is 0.750. The van der Waals surface area contributed by atoms with Gasteiger partial charge in [0.25, 0.3) is 0 Å². The number of amides is 2. The molecule has 0 aromatic heterocycles. The van der Waals surface area contributed by atoms with Crippen LogP contribution in [0.1, 0.15) is 26.2 Å². The first-order valence-corrected chi connectivity index (χ1v) is 6.27. The number of hydrogen-bond donors (Lipinski definition) is 2. The molecule has 0 aliphatic carbocycles. The van der Waals surface area contributed by atoms with Gasteiger partial charge in [0.1, 0.15) is 0 Å². The van der Waals surface area contributed by atoms with Gasteiger partial charge in [0.15, 0.2) is 0 Å². The Labute approximate surface area is 111 Å².